The Morgan fingerprint density at radius 1 is 1.64 bits per heavy atom. The van der Waals surface area contributed by atoms with Crippen molar-refractivity contribution in [2.45, 2.75) is 31.8 Å². The number of carbonyl (C=O) groups excluding carboxylic acids is 1. The normalized spacial score (nSPS) is 31.5. The lowest BCUT2D eigenvalue weighted by Gasteiger charge is -2.31. The van der Waals surface area contributed by atoms with Crippen LogP contribution in [0.4, 0.5) is 0 Å². The second kappa shape index (κ2) is 3.19. The molecule has 1 saturated heterocycles. The van der Waals surface area contributed by atoms with Gasteiger partial charge in [-0.25, -0.2) is 5.84 Å². The van der Waals surface area contributed by atoms with E-state index in [-0.39, 0.29) is 5.91 Å². The molecule has 0 aliphatic carbocycles. The molecule has 1 atom stereocenters. The lowest BCUT2D eigenvalue weighted by atomic mass is 9.95. The van der Waals surface area contributed by atoms with Gasteiger partial charge in [0.25, 0.3) is 5.91 Å². The molecule has 0 radical (unpaired) electrons. The number of hydrogen-bond donors (Lipinski definition) is 2. The zero-order chi connectivity index (χ0) is 8.32. The molecule has 1 rings (SSSR count). The molecular formula is C7H14N2O2. The third-order valence-corrected chi connectivity index (χ3v) is 2.08. The largest absolute Gasteiger partial charge is 0.365 e. The van der Waals surface area contributed by atoms with E-state index in [1.165, 1.54) is 0 Å². The van der Waals surface area contributed by atoms with Gasteiger partial charge in [0.15, 0.2) is 0 Å². The van der Waals surface area contributed by atoms with E-state index in [2.05, 4.69) is 5.43 Å². The summed E-state index contributed by atoms with van der Waals surface area (Å²) in [5, 5.41) is 0. The van der Waals surface area contributed by atoms with Gasteiger partial charge in [-0.05, 0) is 26.2 Å². The van der Waals surface area contributed by atoms with Crippen molar-refractivity contribution in [2.75, 3.05) is 6.61 Å². The first-order chi connectivity index (χ1) is 5.19. The Balaban J connectivity index is 2.56. The standard InChI is InChI=1S/C7H14N2O2/c1-7(6(10)9-8)4-2-3-5-11-7/h2-5,8H2,1H3,(H,9,10)/t7-/m1/s1. The molecule has 1 aliphatic rings. The molecule has 11 heavy (non-hydrogen) atoms. The van der Waals surface area contributed by atoms with Gasteiger partial charge in [0.05, 0.1) is 0 Å². The van der Waals surface area contributed by atoms with Crippen LogP contribution in [0.15, 0.2) is 0 Å². The molecule has 0 aromatic rings. The fourth-order valence-corrected chi connectivity index (χ4v) is 1.27. The van der Waals surface area contributed by atoms with Gasteiger partial charge in [-0.15, -0.1) is 0 Å². The number of ether oxygens (including phenoxy) is 1. The van der Waals surface area contributed by atoms with Gasteiger partial charge in [-0.2, -0.15) is 0 Å². The zero-order valence-corrected chi connectivity index (χ0v) is 6.72. The Morgan fingerprint density at radius 2 is 2.36 bits per heavy atom. The van der Waals surface area contributed by atoms with Crippen molar-refractivity contribution in [3.63, 3.8) is 0 Å². The maximum atomic E-state index is 11.1. The minimum absolute atomic E-state index is 0.225. The van der Waals surface area contributed by atoms with E-state index >= 15 is 0 Å². The molecule has 1 amide bonds. The molecule has 4 heteroatoms. The first-order valence-corrected chi connectivity index (χ1v) is 3.84. The topological polar surface area (TPSA) is 64.4 Å². The summed E-state index contributed by atoms with van der Waals surface area (Å²) in [6.45, 7) is 2.43. The first-order valence-electron chi connectivity index (χ1n) is 3.84. The predicted octanol–water partition coefficient (Wildman–Crippen LogP) is -0.0645. The second-order valence-corrected chi connectivity index (χ2v) is 3.01. The SMILES string of the molecule is C[C@]1(C(=O)NN)CCCCO1. The van der Waals surface area contributed by atoms with Crippen molar-refractivity contribution >= 4 is 5.91 Å². The molecule has 4 nitrogen and oxygen atoms in total. The fourth-order valence-electron chi connectivity index (χ4n) is 1.27. The minimum atomic E-state index is -0.687. The highest BCUT2D eigenvalue weighted by Crippen LogP contribution is 2.23. The zero-order valence-electron chi connectivity index (χ0n) is 6.72. The van der Waals surface area contributed by atoms with Gasteiger partial charge >= 0.3 is 0 Å². The summed E-state index contributed by atoms with van der Waals surface area (Å²) in [4.78, 5) is 11.1. The maximum absolute atomic E-state index is 11.1. The Morgan fingerprint density at radius 3 is 2.82 bits per heavy atom. The summed E-state index contributed by atoms with van der Waals surface area (Å²) >= 11 is 0. The van der Waals surface area contributed by atoms with Crippen LogP contribution in [0.3, 0.4) is 0 Å². The number of amides is 1. The van der Waals surface area contributed by atoms with Crippen LogP contribution >= 0.6 is 0 Å². The highest BCUT2D eigenvalue weighted by molar-refractivity contribution is 5.84. The predicted molar refractivity (Wildman–Crippen MR) is 40.5 cm³/mol. The van der Waals surface area contributed by atoms with E-state index in [1.54, 1.807) is 6.92 Å². The summed E-state index contributed by atoms with van der Waals surface area (Å²) in [5.74, 6) is 4.78. The average molecular weight is 158 g/mol. The Labute approximate surface area is 66.1 Å². The highest BCUT2D eigenvalue weighted by Gasteiger charge is 2.35. The van der Waals surface area contributed by atoms with Crippen LogP contribution in [-0.4, -0.2) is 18.1 Å². The van der Waals surface area contributed by atoms with Crippen LogP contribution in [-0.2, 0) is 9.53 Å². The van der Waals surface area contributed by atoms with E-state index in [9.17, 15) is 4.79 Å². The molecule has 64 valence electrons. The summed E-state index contributed by atoms with van der Waals surface area (Å²) in [5.41, 5.74) is 1.42. The van der Waals surface area contributed by atoms with Crippen molar-refractivity contribution in [2.24, 2.45) is 5.84 Å². The van der Waals surface area contributed by atoms with Crippen molar-refractivity contribution in [1.82, 2.24) is 5.43 Å². The Hall–Kier alpha value is -0.610. The second-order valence-electron chi connectivity index (χ2n) is 3.01. The molecule has 0 bridgehead atoms. The van der Waals surface area contributed by atoms with Gasteiger partial charge in [0.1, 0.15) is 5.60 Å². The van der Waals surface area contributed by atoms with Gasteiger partial charge in [-0.1, -0.05) is 0 Å². The van der Waals surface area contributed by atoms with E-state index < -0.39 is 5.60 Å². The molecule has 0 unspecified atom stereocenters. The summed E-state index contributed by atoms with van der Waals surface area (Å²) in [6, 6.07) is 0. The quantitative estimate of drug-likeness (QED) is 0.319. The van der Waals surface area contributed by atoms with Crippen molar-refractivity contribution in [3.05, 3.63) is 0 Å². The van der Waals surface area contributed by atoms with Crippen molar-refractivity contribution in [3.8, 4) is 0 Å². The molecule has 1 heterocycles. The van der Waals surface area contributed by atoms with Crippen LogP contribution in [0.25, 0.3) is 0 Å². The van der Waals surface area contributed by atoms with Gasteiger partial charge in [-0.3, -0.25) is 10.2 Å². The van der Waals surface area contributed by atoms with Crippen LogP contribution in [0, 0.1) is 0 Å². The first kappa shape index (κ1) is 8.49. The molecule has 1 fully saturated rings. The minimum Gasteiger partial charge on any atom is -0.365 e. The van der Waals surface area contributed by atoms with Crippen molar-refractivity contribution in [1.29, 1.82) is 0 Å². The Bertz CT molecular complexity index is 153. The molecule has 0 saturated carbocycles. The smallest absolute Gasteiger partial charge is 0.265 e. The molecule has 3 N–H and O–H groups in total. The van der Waals surface area contributed by atoms with Crippen LogP contribution in [0.2, 0.25) is 0 Å². The number of carbonyl (C=O) groups is 1. The van der Waals surface area contributed by atoms with Gasteiger partial charge in [0, 0.05) is 6.61 Å². The summed E-state index contributed by atoms with van der Waals surface area (Å²) in [6.07, 6.45) is 2.83. The van der Waals surface area contributed by atoms with E-state index in [1.807, 2.05) is 0 Å². The Kier molecular flexibility index (Phi) is 2.46. The van der Waals surface area contributed by atoms with Crippen molar-refractivity contribution < 1.29 is 9.53 Å². The van der Waals surface area contributed by atoms with E-state index in [4.69, 9.17) is 10.6 Å². The van der Waals surface area contributed by atoms with E-state index in [0.29, 0.717) is 6.61 Å². The van der Waals surface area contributed by atoms with Gasteiger partial charge < -0.3 is 4.74 Å². The maximum Gasteiger partial charge on any atom is 0.265 e. The molecule has 0 aromatic carbocycles. The number of nitrogens with two attached hydrogens (primary N) is 1. The summed E-state index contributed by atoms with van der Waals surface area (Å²) in [7, 11) is 0. The highest BCUT2D eigenvalue weighted by atomic mass is 16.5. The number of rotatable bonds is 1. The summed E-state index contributed by atoms with van der Waals surface area (Å²) < 4.78 is 5.33. The number of hydrazine groups is 1. The van der Waals surface area contributed by atoms with E-state index in [0.717, 1.165) is 19.3 Å². The van der Waals surface area contributed by atoms with Crippen LogP contribution in [0.1, 0.15) is 26.2 Å². The monoisotopic (exact) mass is 158 g/mol. The van der Waals surface area contributed by atoms with Gasteiger partial charge in [0.2, 0.25) is 0 Å². The molecule has 0 spiro atoms. The molecular weight excluding hydrogens is 144 g/mol. The molecule has 1 aliphatic heterocycles. The number of nitrogens with one attached hydrogen (secondary N) is 1. The van der Waals surface area contributed by atoms with Crippen LogP contribution < -0.4 is 11.3 Å². The number of hydrogen-bond acceptors (Lipinski definition) is 3. The lowest BCUT2D eigenvalue weighted by molar-refractivity contribution is -0.150. The van der Waals surface area contributed by atoms with Crippen LogP contribution in [0.5, 0.6) is 0 Å². The third-order valence-electron chi connectivity index (χ3n) is 2.08. The molecule has 0 aromatic heterocycles. The fraction of sp³-hybridized carbons (Fsp3) is 0.857. The lowest BCUT2D eigenvalue weighted by Crippen LogP contribution is -2.50. The third kappa shape index (κ3) is 1.70. The average Bonchev–Trinajstić information content (AvgIpc) is 2.04.